The number of carbonyl (C=O) groups excluding carboxylic acids is 1. The van der Waals surface area contributed by atoms with Gasteiger partial charge in [-0.3, -0.25) is 4.79 Å². The monoisotopic (exact) mass is 368 g/mol. The largest absolute Gasteiger partial charge is 0.326 e. The minimum Gasteiger partial charge on any atom is -0.326 e. The number of anilines is 1. The van der Waals surface area contributed by atoms with Crippen molar-refractivity contribution in [3.8, 4) is 6.07 Å². The second kappa shape index (κ2) is 7.91. The number of halogens is 1. The van der Waals surface area contributed by atoms with E-state index in [0.717, 1.165) is 0 Å². The zero-order chi connectivity index (χ0) is 18.6. The fraction of sp³-hybridized carbons (Fsp3) is 0.500. The third kappa shape index (κ3) is 4.98. The Morgan fingerprint density at radius 3 is 2.88 bits per heavy atom. The van der Waals surface area contributed by atoms with Crippen molar-refractivity contribution in [3.63, 3.8) is 0 Å². The van der Waals surface area contributed by atoms with Crippen molar-refractivity contribution in [2.24, 2.45) is 5.92 Å². The minimum atomic E-state index is -3.73. The Hall–Kier alpha value is -2.02. The standard InChI is InChI=1S/C16H21FN4O3S/c1-11-9-14(3-4-15(11)17)19-16(22)13-6-8-21(10-13)25(23,24)20-12(2)5-7-18/h3-4,9,12-13,20H,5-6,8,10H2,1-2H3,(H,19,22). The molecule has 1 saturated heterocycles. The van der Waals surface area contributed by atoms with E-state index in [1.165, 1.54) is 22.5 Å². The molecule has 1 amide bonds. The number of nitrogens with one attached hydrogen (secondary N) is 2. The van der Waals surface area contributed by atoms with E-state index in [2.05, 4.69) is 10.0 Å². The molecule has 2 rings (SSSR count). The van der Waals surface area contributed by atoms with Crippen LogP contribution >= 0.6 is 0 Å². The fourth-order valence-corrected chi connectivity index (χ4v) is 4.10. The summed E-state index contributed by atoms with van der Waals surface area (Å²) in [6, 6.07) is 5.68. The SMILES string of the molecule is Cc1cc(NC(=O)C2CCN(S(=O)(=O)NC(C)CC#N)C2)ccc1F. The molecule has 9 heteroatoms. The van der Waals surface area contributed by atoms with Gasteiger partial charge in [0.15, 0.2) is 0 Å². The summed E-state index contributed by atoms with van der Waals surface area (Å²) in [6.45, 7) is 3.51. The molecule has 2 unspecified atom stereocenters. The summed E-state index contributed by atoms with van der Waals surface area (Å²) in [5.74, 6) is -1.13. The van der Waals surface area contributed by atoms with E-state index in [0.29, 0.717) is 17.7 Å². The maximum atomic E-state index is 13.3. The van der Waals surface area contributed by atoms with Crippen LogP contribution in [0.4, 0.5) is 10.1 Å². The number of carbonyl (C=O) groups is 1. The summed E-state index contributed by atoms with van der Waals surface area (Å²) in [4.78, 5) is 12.3. The van der Waals surface area contributed by atoms with Gasteiger partial charge in [0.25, 0.3) is 10.2 Å². The summed E-state index contributed by atoms with van der Waals surface area (Å²) in [5, 5.41) is 11.3. The van der Waals surface area contributed by atoms with Gasteiger partial charge in [0, 0.05) is 24.8 Å². The molecule has 1 aliphatic rings. The van der Waals surface area contributed by atoms with Crippen molar-refractivity contribution in [1.82, 2.24) is 9.03 Å². The van der Waals surface area contributed by atoms with Gasteiger partial charge in [0.1, 0.15) is 5.82 Å². The van der Waals surface area contributed by atoms with Gasteiger partial charge in [-0.2, -0.15) is 22.7 Å². The molecule has 0 saturated carbocycles. The maximum Gasteiger partial charge on any atom is 0.279 e. The summed E-state index contributed by atoms with van der Waals surface area (Å²) in [7, 11) is -3.73. The Kier molecular flexibility index (Phi) is 6.11. The Balaban J connectivity index is 1.96. The number of rotatable bonds is 6. The van der Waals surface area contributed by atoms with Crippen molar-refractivity contribution in [2.45, 2.75) is 32.7 Å². The van der Waals surface area contributed by atoms with E-state index >= 15 is 0 Å². The molecule has 136 valence electrons. The third-order valence-electron chi connectivity index (χ3n) is 4.03. The lowest BCUT2D eigenvalue weighted by molar-refractivity contribution is -0.119. The second-order valence-electron chi connectivity index (χ2n) is 6.18. The van der Waals surface area contributed by atoms with Crippen LogP contribution in [0.5, 0.6) is 0 Å². The van der Waals surface area contributed by atoms with Crippen molar-refractivity contribution >= 4 is 21.8 Å². The predicted octanol–water partition coefficient (Wildman–Crippen LogP) is 1.53. The highest BCUT2D eigenvalue weighted by Crippen LogP contribution is 2.22. The van der Waals surface area contributed by atoms with Crippen molar-refractivity contribution < 1.29 is 17.6 Å². The lowest BCUT2D eigenvalue weighted by atomic mass is 10.1. The Bertz CT molecular complexity index is 791. The van der Waals surface area contributed by atoms with Crippen LogP contribution in [0.1, 0.15) is 25.3 Å². The predicted molar refractivity (Wildman–Crippen MR) is 91.2 cm³/mol. The smallest absolute Gasteiger partial charge is 0.279 e. The van der Waals surface area contributed by atoms with Crippen molar-refractivity contribution in [3.05, 3.63) is 29.6 Å². The van der Waals surface area contributed by atoms with Gasteiger partial charge in [-0.15, -0.1) is 0 Å². The Morgan fingerprint density at radius 1 is 1.52 bits per heavy atom. The quantitative estimate of drug-likeness (QED) is 0.795. The zero-order valence-corrected chi connectivity index (χ0v) is 14.9. The Labute approximate surface area is 147 Å². The lowest BCUT2D eigenvalue weighted by Gasteiger charge is -2.19. The zero-order valence-electron chi connectivity index (χ0n) is 14.1. The minimum absolute atomic E-state index is 0.0701. The molecule has 0 aromatic heterocycles. The van der Waals surface area contributed by atoms with Crippen molar-refractivity contribution in [1.29, 1.82) is 5.26 Å². The highest BCUT2D eigenvalue weighted by molar-refractivity contribution is 7.87. The van der Waals surface area contributed by atoms with Crippen molar-refractivity contribution in [2.75, 3.05) is 18.4 Å². The number of nitrogens with zero attached hydrogens (tertiary/aromatic N) is 2. The first-order valence-electron chi connectivity index (χ1n) is 7.94. The van der Waals surface area contributed by atoms with Crippen LogP contribution in [-0.2, 0) is 15.0 Å². The molecule has 0 aliphatic carbocycles. The van der Waals surface area contributed by atoms with Gasteiger partial charge < -0.3 is 5.32 Å². The maximum absolute atomic E-state index is 13.3. The number of hydrogen-bond donors (Lipinski definition) is 2. The van der Waals surface area contributed by atoms with Gasteiger partial charge in [-0.1, -0.05) is 0 Å². The van der Waals surface area contributed by atoms with Crippen LogP contribution in [0.3, 0.4) is 0 Å². The second-order valence-corrected chi connectivity index (χ2v) is 7.89. The van der Waals surface area contributed by atoms with Gasteiger partial charge in [0.2, 0.25) is 5.91 Å². The summed E-state index contributed by atoms with van der Waals surface area (Å²) in [5.41, 5.74) is 0.898. The Morgan fingerprint density at radius 2 is 2.24 bits per heavy atom. The molecule has 25 heavy (non-hydrogen) atoms. The molecule has 1 aromatic carbocycles. The molecule has 1 heterocycles. The highest BCUT2D eigenvalue weighted by atomic mass is 32.2. The van der Waals surface area contributed by atoms with E-state index in [-0.39, 0.29) is 31.2 Å². The summed E-state index contributed by atoms with van der Waals surface area (Å²) < 4.78 is 41.4. The topological polar surface area (TPSA) is 102 Å². The first-order chi connectivity index (χ1) is 11.7. The van der Waals surface area contributed by atoms with E-state index in [1.54, 1.807) is 13.8 Å². The molecule has 0 bridgehead atoms. The van der Waals surface area contributed by atoms with Gasteiger partial charge in [-0.25, -0.2) is 4.39 Å². The molecule has 1 fully saturated rings. The molecule has 0 spiro atoms. The van der Waals surface area contributed by atoms with Crippen LogP contribution in [0.2, 0.25) is 0 Å². The molecule has 0 radical (unpaired) electrons. The van der Waals surface area contributed by atoms with Crippen LogP contribution in [0.25, 0.3) is 0 Å². The molecular formula is C16H21FN4O3S. The van der Waals surface area contributed by atoms with Crippen LogP contribution in [0.15, 0.2) is 18.2 Å². The molecule has 2 atom stereocenters. The molecule has 2 N–H and O–H groups in total. The molecule has 1 aromatic rings. The molecule has 1 aliphatic heterocycles. The van der Waals surface area contributed by atoms with Gasteiger partial charge in [-0.05, 0) is 44.0 Å². The number of amides is 1. The summed E-state index contributed by atoms with van der Waals surface area (Å²) in [6.07, 6.45) is 0.473. The van der Waals surface area contributed by atoms with E-state index < -0.39 is 22.2 Å². The first kappa shape index (κ1) is 19.3. The first-order valence-corrected chi connectivity index (χ1v) is 9.38. The molecule has 7 nitrogen and oxygen atoms in total. The third-order valence-corrected chi connectivity index (χ3v) is 5.75. The van der Waals surface area contributed by atoms with Crippen LogP contribution in [-0.4, -0.2) is 37.8 Å². The van der Waals surface area contributed by atoms with Gasteiger partial charge >= 0.3 is 0 Å². The summed E-state index contributed by atoms with van der Waals surface area (Å²) >= 11 is 0. The average molecular weight is 368 g/mol. The lowest BCUT2D eigenvalue weighted by Crippen LogP contribution is -2.43. The van der Waals surface area contributed by atoms with E-state index in [1.807, 2.05) is 6.07 Å². The van der Waals surface area contributed by atoms with Crippen LogP contribution < -0.4 is 10.0 Å². The van der Waals surface area contributed by atoms with Crippen LogP contribution in [0, 0.1) is 30.0 Å². The van der Waals surface area contributed by atoms with E-state index in [9.17, 15) is 17.6 Å². The normalized spacial score (nSPS) is 19.4. The number of benzene rings is 1. The average Bonchev–Trinajstić information content (AvgIpc) is 3.01. The number of nitriles is 1. The number of aryl methyl sites for hydroxylation is 1. The fourth-order valence-electron chi connectivity index (χ4n) is 2.63. The van der Waals surface area contributed by atoms with E-state index in [4.69, 9.17) is 5.26 Å². The molecular weight excluding hydrogens is 347 g/mol. The highest BCUT2D eigenvalue weighted by Gasteiger charge is 2.35. The van der Waals surface area contributed by atoms with Gasteiger partial charge in [0.05, 0.1) is 18.4 Å². The number of hydrogen-bond acceptors (Lipinski definition) is 4.